The van der Waals surface area contributed by atoms with E-state index < -0.39 is 18.3 Å². The van der Waals surface area contributed by atoms with E-state index in [1.165, 1.54) is 12.3 Å². The maximum absolute atomic E-state index is 13.3. The summed E-state index contributed by atoms with van der Waals surface area (Å²) in [6, 6.07) is 12.8. The Labute approximate surface area is 210 Å². The van der Waals surface area contributed by atoms with Gasteiger partial charge < -0.3 is 24.5 Å². The monoisotopic (exact) mass is 506 g/mol. The summed E-state index contributed by atoms with van der Waals surface area (Å²) in [5, 5.41) is 22.8. The van der Waals surface area contributed by atoms with Crippen LogP contribution in [0.25, 0.3) is 22.2 Å². The standard InChI is InChI=1S/C27H24F2N4O4/c1-27(2,35)22-10-8-15(13-32(22)36)14-7-9-17-18(11-14)33-19-12-20(24(33)30-17)31(3)25(34)16-5-4-6-21(23(16)19)37-26(28)29/h4-11,13,19-20,26,35H,12H2,1-3H3/t19-,20-/m1/s1. The summed E-state index contributed by atoms with van der Waals surface area (Å²) in [6.45, 7) is 0.0603. The maximum atomic E-state index is 13.3. The molecule has 2 atom stereocenters. The molecular weight excluding hydrogens is 482 g/mol. The summed E-state index contributed by atoms with van der Waals surface area (Å²) in [7, 11) is 1.69. The van der Waals surface area contributed by atoms with E-state index in [4.69, 9.17) is 9.72 Å². The van der Waals surface area contributed by atoms with Crippen molar-refractivity contribution in [3.63, 3.8) is 0 Å². The molecule has 1 amide bonds. The quantitative estimate of drug-likeness (QED) is 0.329. The van der Waals surface area contributed by atoms with Crippen LogP contribution in [0, 0.1) is 5.21 Å². The molecule has 6 rings (SSSR count). The van der Waals surface area contributed by atoms with E-state index in [0.29, 0.717) is 39.2 Å². The Hall–Kier alpha value is -4.05. The Morgan fingerprint density at radius 3 is 2.62 bits per heavy atom. The number of aliphatic hydroxyl groups is 1. The number of hydrogen-bond acceptors (Lipinski definition) is 5. The second kappa shape index (κ2) is 7.97. The van der Waals surface area contributed by atoms with Crippen LogP contribution in [0.5, 0.6) is 5.75 Å². The highest BCUT2D eigenvalue weighted by molar-refractivity contribution is 5.98. The lowest BCUT2D eigenvalue weighted by molar-refractivity contribution is -0.621. The van der Waals surface area contributed by atoms with Crippen LogP contribution in [0.3, 0.4) is 0 Å². The predicted octanol–water partition coefficient (Wildman–Crippen LogP) is 4.29. The fourth-order valence-electron chi connectivity index (χ4n) is 5.58. The van der Waals surface area contributed by atoms with Gasteiger partial charge in [-0.1, -0.05) is 12.1 Å². The molecule has 0 saturated carbocycles. The van der Waals surface area contributed by atoms with Crippen LogP contribution in [0.4, 0.5) is 8.78 Å². The molecule has 190 valence electrons. The SMILES string of the molecule is CN1C(=O)c2cccc(OC(F)F)c2[C@H]2C[C@@H]1c1nc3ccc(-c4ccc(C(C)(C)O)[n+]([O-])c4)cc3n12. The lowest BCUT2D eigenvalue weighted by Gasteiger charge is -2.24. The first-order chi connectivity index (χ1) is 17.5. The first-order valence-electron chi connectivity index (χ1n) is 11.9. The Bertz CT molecular complexity index is 1580. The largest absolute Gasteiger partial charge is 0.618 e. The third kappa shape index (κ3) is 3.54. The molecule has 0 saturated heterocycles. The average Bonchev–Trinajstić information content (AvgIpc) is 3.35. The van der Waals surface area contributed by atoms with E-state index in [1.54, 1.807) is 50.1 Å². The van der Waals surface area contributed by atoms with Gasteiger partial charge in [0.05, 0.1) is 23.1 Å². The number of ether oxygens (including phenoxy) is 1. The molecule has 4 aromatic rings. The lowest BCUT2D eigenvalue weighted by atomic mass is 9.97. The van der Waals surface area contributed by atoms with Crippen LogP contribution in [0.15, 0.2) is 54.7 Å². The Morgan fingerprint density at radius 1 is 1.16 bits per heavy atom. The number of aromatic nitrogens is 3. The topological polar surface area (TPSA) is 94.5 Å². The fraction of sp³-hybridized carbons (Fsp3) is 0.296. The normalized spacial score (nSPS) is 18.8. The minimum atomic E-state index is -3.03. The number of pyridine rings is 1. The molecule has 0 fully saturated rings. The van der Waals surface area contributed by atoms with Gasteiger partial charge in [0, 0.05) is 36.2 Å². The van der Waals surface area contributed by atoms with Crippen molar-refractivity contribution in [3.8, 4) is 16.9 Å². The summed E-state index contributed by atoms with van der Waals surface area (Å²) in [5.41, 5.74) is 2.52. The van der Waals surface area contributed by atoms with E-state index >= 15 is 0 Å². The minimum Gasteiger partial charge on any atom is -0.618 e. The van der Waals surface area contributed by atoms with E-state index in [2.05, 4.69) is 0 Å². The third-order valence-electron chi connectivity index (χ3n) is 7.28. The molecule has 2 bridgehead atoms. The van der Waals surface area contributed by atoms with Crippen LogP contribution in [-0.4, -0.2) is 39.1 Å². The lowest BCUT2D eigenvalue weighted by Crippen LogP contribution is -2.39. The van der Waals surface area contributed by atoms with Crippen molar-refractivity contribution in [1.29, 1.82) is 0 Å². The molecule has 8 nitrogen and oxygen atoms in total. The summed E-state index contributed by atoms with van der Waals surface area (Å²) >= 11 is 0. The Kier molecular flexibility index (Phi) is 5.03. The average molecular weight is 507 g/mol. The van der Waals surface area contributed by atoms with Crippen LogP contribution in [0.2, 0.25) is 0 Å². The number of carbonyl (C=O) groups excluding carboxylic acids is 1. The molecule has 0 spiro atoms. The molecule has 2 aromatic carbocycles. The molecule has 1 N–H and O–H groups in total. The number of imidazole rings is 1. The number of alkyl halides is 2. The second-order valence-electron chi connectivity index (χ2n) is 10.0. The van der Waals surface area contributed by atoms with Crippen LogP contribution in [0.1, 0.15) is 59.8 Å². The molecule has 2 aliphatic rings. The first kappa shape index (κ1) is 23.4. The predicted molar refractivity (Wildman–Crippen MR) is 130 cm³/mol. The zero-order chi connectivity index (χ0) is 26.2. The van der Waals surface area contributed by atoms with Crippen LogP contribution < -0.4 is 9.47 Å². The zero-order valence-electron chi connectivity index (χ0n) is 20.4. The second-order valence-corrected chi connectivity index (χ2v) is 10.0. The maximum Gasteiger partial charge on any atom is 0.387 e. The van der Waals surface area contributed by atoms with Gasteiger partial charge in [-0.3, -0.25) is 4.79 Å². The number of rotatable bonds is 4. The van der Waals surface area contributed by atoms with Gasteiger partial charge in [0.25, 0.3) is 5.91 Å². The van der Waals surface area contributed by atoms with Gasteiger partial charge in [-0.15, -0.1) is 0 Å². The minimum absolute atomic E-state index is 0.0274. The van der Waals surface area contributed by atoms with Crippen molar-refractivity contribution in [3.05, 3.63) is 82.6 Å². The molecule has 10 heteroatoms. The van der Waals surface area contributed by atoms with Crippen molar-refractivity contribution in [2.45, 2.75) is 44.6 Å². The van der Waals surface area contributed by atoms with Crippen molar-refractivity contribution in [1.82, 2.24) is 14.5 Å². The molecule has 2 aromatic heterocycles. The van der Waals surface area contributed by atoms with E-state index in [-0.39, 0.29) is 23.4 Å². The molecular formula is C27H24F2N4O4. The Balaban J connectivity index is 1.53. The van der Waals surface area contributed by atoms with Crippen LogP contribution in [-0.2, 0) is 5.60 Å². The van der Waals surface area contributed by atoms with E-state index in [0.717, 1.165) is 11.1 Å². The summed E-state index contributed by atoms with van der Waals surface area (Å²) < 4.78 is 34.1. The van der Waals surface area contributed by atoms with Gasteiger partial charge in [0.15, 0.2) is 6.20 Å². The highest BCUT2D eigenvalue weighted by Gasteiger charge is 2.45. The van der Waals surface area contributed by atoms with Gasteiger partial charge in [-0.25, -0.2) is 4.98 Å². The van der Waals surface area contributed by atoms with Crippen LogP contribution >= 0.6 is 0 Å². The molecule has 4 heterocycles. The third-order valence-corrected chi connectivity index (χ3v) is 7.28. The number of nitrogens with zero attached hydrogens (tertiary/aromatic N) is 4. The number of benzene rings is 2. The number of carbonyl (C=O) groups is 1. The Morgan fingerprint density at radius 2 is 1.92 bits per heavy atom. The zero-order valence-corrected chi connectivity index (χ0v) is 20.4. The van der Waals surface area contributed by atoms with Gasteiger partial charge in [0.1, 0.15) is 17.2 Å². The summed E-state index contributed by atoms with van der Waals surface area (Å²) in [4.78, 5) is 19.7. The van der Waals surface area contributed by atoms with E-state index in [9.17, 15) is 23.9 Å². The van der Waals surface area contributed by atoms with Gasteiger partial charge in [-0.05, 0) is 49.7 Å². The summed E-state index contributed by atoms with van der Waals surface area (Å²) in [5.74, 6) is 0.371. The number of hydrogen-bond donors (Lipinski definition) is 1. The number of halogens is 2. The number of fused-ring (bicyclic) bond motifs is 9. The van der Waals surface area contributed by atoms with E-state index in [1.807, 2.05) is 22.8 Å². The van der Waals surface area contributed by atoms with Crippen molar-refractivity contribution >= 4 is 16.9 Å². The molecule has 0 unspecified atom stereocenters. The number of amides is 1. The smallest absolute Gasteiger partial charge is 0.387 e. The molecule has 0 radical (unpaired) electrons. The molecule has 2 aliphatic heterocycles. The van der Waals surface area contributed by atoms with Gasteiger partial charge in [0.2, 0.25) is 5.69 Å². The first-order valence-corrected chi connectivity index (χ1v) is 11.9. The van der Waals surface area contributed by atoms with Crippen molar-refractivity contribution < 1.29 is 28.1 Å². The highest BCUT2D eigenvalue weighted by Crippen LogP contribution is 2.50. The molecule has 37 heavy (non-hydrogen) atoms. The van der Waals surface area contributed by atoms with Gasteiger partial charge in [-0.2, -0.15) is 13.5 Å². The molecule has 0 aliphatic carbocycles. The summed E-state index contributed by atoms with van der Waals surface area (Å²) in [6.07, 6.45) is 1.89. The highest BCUT2D eigenvalue weighted by atomic mass is 19.3. The fourth-order valence-corrected chi connectivity index (χ4v) is 5.58. The van der Waals surface area contributed by atoms with Crippen molar-refractivity contribution in [2.75, 3.05) is 7.05 Å². The van der Waals surface area contributed by atoms with Crippen molar-refractivity contribution in [2.24, 2.45) is 0 Å². The van der Waals surface area contributed by atoms with Gasteiger partial charge >= 0.3 is 6.61 Å².